The number of hydrogen-bond acceptors (Lipinski definition) is 3. The van der Waals surface area contributed by atoms with E-state index in [-0.39, 0.29) is 5.91 Å². The molecule has 0 bridgehead atoms. The fourth-order valence-electron chi connectivity index (χ4n) is 2.53. The molecule has 0 aromatic heterocycles. The van der Waals surface area contributed by atoms with Crippen molar-refractivity contribution in [1.29, 1.82) is 5.26 Å². The third-order valence-corrected chi connectivity index (χ3v) is 4.16. The Labute approximate surface area is 142 Å². The molecule has 1 aliphatic carbocycles. The fourth-order valence-corrected chi connectivity index (χ4v) is 2.76. The molecule has 0 radical (unpaired) electrons. The minimum atomic E-state index is -0.638. The Morgan fingerprint density at radius 1 is 1.48 bits per heavy atom. The minimum absolute atomic E-state index is 0.165. The summed E-state index contributed by atoms with van der Waals surface area (Å²) in [6.07, 6.45) is 7.36. The second-order valence-corrected chi connectivity index (χ2v) is 6.07. The highest BCUT2D eigenvalue weighted by atomic mass is 35.5. The third-order valence-electron chi connectivity index (χ3n) is 3.86. The van der Waals surface area contributed by atoms with Gasteiger partial charge in [0.25, 0.3) is 5.91 Å². The molecule has 0 saturated heterocycles. The Kier molecular flexibility index (Phi) is 6.49. The predicted molar refractivity (Wildman–Crippen MR) is 90.4 cm³/mol. The molecule has 1 aromatic rings. The number of amides is 1. The lowest BCUT2D eigenvalue weighted by atomic mass is 9.97. The standard InChI is InChI=1S/C18H21ClN2O2/c1-13(23-17-8-7-15(12-20)11-16(17)19)18(22)21-10-9-14-5-3-2-4-6-14/h5,7-8,11,13H,2-4,6,9-10H2,1H3,(H,21,22)/t13-/m0/s1. The molecule has 2 rings (SSSR count). The molecule has 1 N–H and O–H groups in total. The lowest BCUT2D eigenvalue weighted by molar-refractivity contribution is -0.127. The Morgan fingerprint density at radius 3 is 2.96 bits per heavy atom. The van der Waals surface area contributed by atoms with Gasteiger partial charge in [0.15, 0.2) is 6.10 Å². The summed E-state index contributed by atoms with van der Waals surface area (Å²) in [5, 5.41) is 12.0. The van der Waals surface area contributed by atoms with Crippen molar-refractivity contribution >= 4 is 17.5 Å². The molecule has 23 heavy (non-hydrogen) atoms. The van der Waals surface area contributed by atoms with E-state index in [1.807, 2.05) is 6.07 Å². The van der Waals surface area contributed by atoms with Crippen LogP contribution in [0.4, 0.5) is 0 Å². The van der Waals surface area contributed by atoms with E-state index in [1.165, 1.54) is 24.5 Å². The van der Waals surface area contributed by atoms with Crippen LogP contribution in [0.3, 0.4) is 0 Å². The number of nitriles is 1. The number of benzene rings is 1. The predicted octanol–water partition coefficient (Wildman–Crippen LogP) is 3.99. The van der Waals surface area contributed by atoms with E-state index in [1.54, 1.807) is 19.1 Å². The lowest BCUT2D eigenvalue weighted by Crippen LogP contribution is -2.37. The van der Waals surface area contributed by atoms with Crippen LogP contribution in [0.1, 0.15) is 44.6 Å². The largest absolute Gasteiger partial charge is 0.479 e. The van der Waals surface area contributed by atoms with Crippen molar-refractivity contribution in [2.75, 3.05) is 6.54 Å². The SMILES string of the molecule is C[C@H](Oc1ccc(C#N)cc1Cl)C(=O)NCCC1=CCCCC1. The van der Waals surface area contributed by atoms with Gasteiger partial charge in [-0.3, -0.25) is 4.79 Å². The molecular weight excluding hydrogens is 312 g/mol. The van der Waals surface area contributed by atoms with Gasteiger partial charge in [-0.25, -0.2) is 0 Å². The normalized spacial score (nSPS) is 15.3. The maximum Gasteiger partial charge on any atom is 0.260 e. The van der Waals surface area contributed by atoms with Gasteiger partial charge in [0.1, 0.15) is 5.75 Å². The van der Waals surface area contributed by atoms with Crippen LogP contribution in [0.25, 0.3) is 0 Å². The van der Waals surface area contributed by atoms with Crippen LogP contribution in [0.15, 0.2) is 29.8 Å². The van der Waals surface area contributed by atoms with Crippen molar-refractivity contribution in [2.45, 2.75) is 45.1 Å². The summed E-state index contributed by atoms with van der Waals surface area (Å²) in [5.74, 6) is 0.241. The summed E-state index contributed by atoms with van der Waals surface area (Å²) in [4.78, 5) is 12.1. The summed E-state index contributed by atoms with van der Waals surface area (Å²) in [7, 11) is 0. The second-order valence-electron chi connectivity index (χ2n) is 5.67. The van der Waals surface area contributed by atoms with Crippen LogP contribution in [-0.2, 0) is 4.79 Å². The first-order valence-electron chi connectivity index (χ1n) is 7.92. The fraction of sp³-hybridized carbons (Fsp3) is 0.444. The number of nitrogens with zero attached hydrogens (tertiary/aromatic N) is 1. The number of hydrogen-bond donors (Lipinski definition) is 1. The van der Waals surface area contributed by atoms with Gasteiger partial charge in [0.05, 0.1) is 16.7 Å². The molecular formula is C18H21ClN2O2. The van der Waals surface area contributed by atoms with Crippen molar-refractivity contribution in [3.8, 4) is 11.8 Å². The van der Waals surface area contributed by atoms with Crippen LogP contribution in [-0.4, -0.2) is 18.6 Å². The van der Waals surface area contributed by atoms with E-state index >= 15 is 0 Å². The molecule has 4 nitrogen and oxygen atoms in total. The highest BCUT2D eigenvalue weighted by Crippen LogP contribution is 2.26. The molecule has 0 fully saturated rings. The van der Waals surface area contributed by atoms with Gasteiger partial charge in [-0.05, 0) is 57.2 Å². The minimum Gasteiger partial charge on any atom is -0.479 e. The number of carbonyl (C=O) groups is 1. The smallest absolute Gasteiger partial charge is 0.260 e. The summed E-state index contributed by atoms with van der Waals surface area (Å²) in [6, 6.07) is 6.75. The molecule has 1 aliphatic rings. The van der Waals surface area contributed by atoms with Crippen molar-refractivity contribution < 1.29 is 9.53 Å². The van der Waals surface area contributed by atoms with Gasteiger partial charge in [-0.15, -0.1) is 0 Å². The maximum atomic E-state index is 12.1. The summed E-state index contributed by atoms with van der Waals surface area (Å²) >= 11 is 6.05. The summed E-state index contributed by atoms with van der Waals surface area (Å²) in [5.41, 5.74) is 1.89. The van der Waals surface area contributed by atoms with Crippen LogP contribution < -0.4 is 10.1 Å². The van der Waals surface area contributed by atoms with E-state index in [2.05, 4.69) is 11.4 Å². The summed E-state index contributed by atoms with van der Waals surface area (Å²) < 4.78 is 5.58. The lowest BCUT2D eigenvalue weighted by Gasteiger charge is -2.17. The molecule has 1 aromatic carbocycles. The highest BCUT2D eigenvalue weighted by Gasteiger charge is 2.16. The van der Waals surface area contributed by atoms with Gasteiger partial charge in [-0.2, -0.15) is 5.26 Å². The number of halogens is 1. The van der Waals surface area contributed by atoms with Gasteiger partial charge in [0.2, 0.25) is 0 Å². The second kappa shape index (κ2) is 8.59. The van der Waals surface area contributed by atoms with Crippen molar-refractivity contribution in [3.05, 3.63) is 40.4 Å². The van der Waals surface area contributed by atoms with Crippen LogP contribution >= 0.6 is 11.6 Å². The number of carbonyl (C=O) groups excluding carboxylic acids is 1. The van der Waals surface area contributed by atoms with Gasteiger partial charge < -0.3 is 10.1 Å². The van der Waals surface area contributed by atoms with Gasteiger partial charge in [-0.1, -0.05) is 23.3 Å². The van der Waals surface area contributed by atoms with Gasteiger partial charge in [0, 0.05) is 6.54 Å². The van der Waals surface area contributed by atoms with E-state index < -0.39 is 6.10 Å². The zero-order valence-corrected chi connectivity index (χ0v) is 14.0. The molecule has 0 unspecified atom stereocenters. The average Bonchev–Trinajstić information content (AvgIpc) is 2.57. The molecule has 1 amide bonds. The van der Waals surface area contributed by atoms with E-state index in [0.717, 1.165) is 19.3 Å². The van der Waals surface area contributed by atoms with Crippen LogP contribution in [0.5, 0.6) is 5.75 Å². The zero-order chi connectivity index (χ0) is 16.7. The van der Waals surface area contributed by atoms with Crippen LogP contribution in [0.2, 0.25) is 5.02 Å². The van der Waals surface area contributed by atoms with Crippen LogP contribution in [0, 0.1) is 11.3 Å². The molecule has 0 aliphatic heterocycles. The van der Waals surface area contributed by atoms with E-state index in [9.17, 15) is 4.79 Å². The van der Waals surface area contributed by atoms with Crippen molar-refractivity contribution in [1.82, 2.24) is 5.32 Å². The number of allylic oxidation sites excluding steroid dienone is 1. The average molecular weight is 333 g/mol. The molecule has 5 heteroatoms. The Bertz CT molecular complexity index is 634. The number of ether oxygens (including phenoxy) is 1. The number of nitrogens with one attached hydrogen (secondary N) is 1. The Hall–Kier alpha value is -1.99. The third kappa shape index (κ3) is 5.30. The monoisotopic (exact) mass is 332 g/mol. The zero-order valence-electron chi connectivity index (χ0n) is 13.3. The van der Waals surface area contributed by atoms with Gasteiger partial charge >= 0.3 is 0 Å². The Balaban J connectivity index is 1.80. The van der Waals surface area contributed by atoms with E-state index in [0.29, 0.717) is 22.9 Å². The molecule has 0 saturated carbocycles. The first-order valence-corrected chi connectivity index (χ1v) is 8.30. The van der Waals surface area contributed by atoms with E-state index in [4.69, 9.17) is 21.6 Å². The molecule has 122 valence electrons. The first-order chi connectivity index (χ1) is 11.1. The molecule has 1 atom stereocenters. The molecule has 0 spiro atoms. The quantitative estimate of drug-likeness (QED) is 0.801. The van der Waals surface area contributed by atoms with Crippen molar-refractivity contribution in [2.24, 2.45) is 0 Å². The highest BCUT2D eigenvalue weighted by molar-refractivity contribution is 6.32. The topological polar surface area (TPSA) is 62.1 Å². The van der Waals surface area contributed by atoms with Crippen molar-refractivity contribution in [3.63, 3.8) is 0 Å². The first kappa shape index (κ1) is 17.4. The molecule has 0 heterocycles. The maximum absolute atomic E-state index is 12.1. The number of rotatable bonds is 6. The Morgan fingerprint density at radius 2 is 2.30 bits per heavy atom. The summed E-state index contributed by atoms with van der Waals surface area (Å²) in [6.45, 7) is 2.31.